The molecule has 2 aliphatic rings. The number of aliphatic carboxylic acids is 1. The van der Waals surface area contributed by atoms with Crippen molar-refractivity contribution in [3.8, 4) is 17.1 Å². The molecule has 10 heteroatoms. The molecule has 37 heavy (non-hydrogen) atoms. The molecule has 4 rings (SSSR count). The van der Waals surface area contributed by atoms with Gasteiger partial charge in [-0.1, -0.05) is 31.4 Å². The Bertz CT molecular complexity index is 1080. The lowest BCUT2D eigenvalue weighted by atomic mass is 9.87. The van der Waals surface area contributed by atoms with E-state index in [1.54, 1.807) is 23.7 Å². The lowest BCUT2D eigenvalue weighted by Crippen LogP contribution is -2.33. The van der Waals surface area contributed by atoms with Crippen molar-refractivity contribution in [1.82, 2.24) is 24.9 Å². The first-order valence-electron chi connectivity index (χ1n) is 13.5. The zero-order valence-electron chi connectivity index (χ0n) is 22.2. The van der Waals surface area contributed by atoms with Gasteiger partial charge in [-0.3, -0.25) is 4.79 Å². The van der Waals surface area contributed by atoms with Gasteiger partial charge in [-0.05, 0) is 63.0 Å². The van der Waals surface area contributed by atoms with E-state index in [1.807, 2.05) is 19.1 Å². The molecule has 2 aliphatic carbocycles. The van der Waals surface area contributed by atoms with Crippen molar-refractivity contribution >= 4 is 12.1 Å². The van der Waals surface area contributed by atoms with E-state index in [0.717, 1.165) is 18.5 Å². The average Bonchev–Trinajstić information content (AvgIpc) is 3.28. The Labute approximate surface area is 218 Å². The fourth-order valence-electron chi connectivity index (χ4n) is 5.45. The smallest absolute Gasteiger partial charge is 0.409 e. The molecule has 0 unspecified atom stereocenters. The molecule has 0 aliphatic heterocycles. The van der Waals surface area contributed by atoms with Crippen LogP contribution in [0.2, 0.25) is 0 Å². The number of amides is 1. The molecular formula is C27H39N5O5. The number of aromatic nitrogens is 4. The van der Waals surface area contributed by atoms with Gasteiger partial charge >= 0.3 is 12.1 Å². The van der Waals surface area contributed by atoms with Crippen molar-refractivity contribution in [2.45, 2.75) is 83.8 Å². The van der Waals surface area contributed by atoms with E-state index in [9.17, 15) is 14.7 Å². The van der Waals surface area contributed by atoms with Crippen molar-refractivity contribution in [2.24, 2.45) is 18.9 Å². The molecule has 0 aromatic carbocycles. The minimum atomic E-state index is -0.756. The highest BCUT2D eigenvalue weighted by Crippen LogP contribution is 2.31. The predicted molar refractivity (Wildman–Crippen MR) is 137 cm³/mol. The lowest BCUT2D eigenvalue weighted by molar-refractivity contribution is -0.143. The van der Waals surface area contributed by atoms with E-state index in [-0.39, 0.29) is 24.7 Å². The van der Waals surface area contributed by atoms with Crippen molar-refractivity contribution in [2.75, 3.05) is 13.6 Å². The van der Waals surface area contributed by atoms with Gasteiger partial charge in [0.05, 0.1) is 23.4 Å². The summed E-state index contributed by atoms with van der Waals surface area (Å²) in [5.74, 6) is 0.0981. The van der Waals surface area contributed by atoms with Gasteiger partial charge in [0.25, 0.3) is 0 Å². The molecule has 1 amide bonds. The summed E-state index contributed by atoms with van der Waals surface area (Å²) in [6.07, 6.45) is 9.13. The third-order valence-corrected chi connectivity index (χ3v) is 7.62. The zero-order chi connectivity index (χ0) is 26.4. The van der Waals surface area contributed by atoms with E-state index >= 15 is 0 Å². The maximum Gasteiger partial charge on any atom is 0.409 e. The van der Waals surface area contributed by atoms with E-state index in [0.29, 0.717) is 54.6 Å². The number of rotatable bonds is 9. The number of aryl methyl sites for hydroxylation is 2. The van der Waals surface area contributed by atoms with Crippen molar-refractivity contribution in [1.29, 1.82) is 0 Å². The van der Waals surface area contributed by atoms with Crippen LogP contribution in [0.3, 0.4) is 0 Å². The Morgan fingerprint density at radius 2 is 1.92 bits per heavy atom. The average molecular weight is 514 g/mol. The molecule has 2 heterocycles. The largest absolute Gasteiger partial charge is 0.488 e. The summed E-state index contributed by atoms with van der Waals surface area (Å²) in [5, 5.41) is 17.8. The molecule has 2 aromatic rings. The first-order valence-corrected chi connectivity index (χ1v) is 13.5. The summed E-state index contributed by atoms with van der Waals surface area (Å²) in [5.41, 5.74) is 2.64. The van der Waals surface area contributed by atoms with Crippen LogP contribution in [0.25, 0.3) is 11.4 Å². The van der Waals surface area contributed by atoms with Crippen LogP contribution >= 0.6 is 0 Å². The Hall–Kier alpha value is -3.17. The molecule has 1 N–H and O–H groups in total. The molecule has 202 valence electrons. The number of pyridine rings is 1. The van der Waals surface area contributed by atoms with Crippen LogP contribution in [0.15, 0.2) is 12.1 Å². The second-order valence-corrected chi connectivity index (χ2v) is 10.4. The summed E-state index contributed by atoms with van der Waals surface area (Å²) in [4.78, 5) is 30.5. The Balaban J connectivity index is 1.42. The van der Waals surface area contributed by atoms with Crippen LogP contribution in [-0.2, 0) is 29.6 Å². The van der Waals surface area contributed by atoms with Crippen LogP contribution in [0, 0.1) is 11.8 Å². The second-order valence-electron chi connectivity index (χ2n) is 10.4. The standard InChI is InChI=1S/C27H39N5O5/c1-4-21-24(37-20-12-8-11-19(15-20)26(33)34)14-13-22(28-21)25-23(32(3)30-29-25)17-36-27(35)31(2)16-18-9-6-5-7-10-18/h13-14,18-20H,4-12,15-17H2,1-3H3,(H,33,34)/t19-,20-/m0/s1. The van der Waals surface area contributed by atoms with Crippen LogP contribution in [0.4, 0.5) is 4.79 Å². The van der Waals surface area contributed by atoms with Gasteiger partial charge in [0.15, 0.2) is 0 Å². The fraction of sp³-hybridized carbons (Fsp3) is 0.667. The zero-order valence-corrected chi connectivity index (χ0v) is 22.2. The Kier molecular flexibility index (Phi) is 9.00. The van der Waals surface area contributed by atoms with Gasteiger partial charge in [-0.2, -0.15) is 0 Å². The number of nitrogens with zero attached hydrogens (tertiary/aromatic N) is 5. The predicted octanol–water partition coefficient (Wildman–Crippen LogP) is 4.61. The maximum absolute atomic E-state index is 12.7. The van der Waals surface area contributed by atoms with Gasteiger partial charge in [0.2, 0.25) is 0 Å². The van der Waals surface area contributed by atoms with Crippen LogP contribution < -0.4 is 4.74 Å². The number of carboxylic acid groups (broad SMARTS) is 1. The quantitative estimate of drug-likeness (QED) is 0.516. The molecule has 2 atom stereocenters. The van der Waals surface area contributed by atoms with Gasteiger partial charge in [0, 0.05) is 20.6 Å². The number of hydrogen-bond acceptors (Lipinski definition) is 7. The maximum atomic E-state index is 12.7. The normalized spacial score (nSPS) is 20.4. The summed E-state index contributed by atoms with van der Waals surface area (Å²) < 4.78 is 13.4. The molecular weight excluding hydrogens is 474 g/mol. The monoisotopic (exact) mass is 513 g/mol. The van der Waals surface area contributed by atoms with E-state index in [1.165, 1.54) is 32.1 Å². The molecule has 2 aromatic heterocycles. The summed E-state index contributed by atoms with van der Waals surface area (Å²) in [6, 6.07) is 3.70. The molecule has 0 radical (unpaired) electrons. The second kappa shape index (κ2) is 12.4. The minimum absolute atomic E-state index is 0.0483. The van der Waals surface area contributed by atoms with Gasteiger partial charge in [-0.15, -0.1) is 5.10 Å². The van der Waals surface area contributed by atoms with Crippen LogP contribution in [0.1, 0.15) is 76.1 Å². The van der Waals surface area contributed by atoms with Gasteiger partial charge < -0.3 is 19.5 Å². The van der Waals surface area contributed by atoms with Gasteiger partial charge in [-0.25, -0.2) is 14.5 Å². The number of carbonyl (C=O) groups is 2. The summed E-state index contributed by atoms with van der Waals surface area (Å²) >= 11 is 0. The Morgan fingerprint density at radius 1 is 1.14 bits per heavy atom. The molecule has 2 fully saturated rings. The molecule has 0 saturated heterocycles. The van der Waals surface area contributed by atoms with Crippen LogP contribution in [0.5, 0.6) is 5.75 Å². The molecule has 10 nitrogen and oxygen atoms in total. The van der Waals surface area contributed by atoms with Crippen molar-refractivity contribution in [3.05, 3.63) is 23.5 Å². The van der Waals surface area contributed by atoms with E-state index in [4.69, 9.17) is 14.5 Å². The first kappa shape index (κ1) is 26.9. The third kappa shape index (κ3) is 6.78. The molecule has 2 saturated carbocycles. The fourth-order valence-corrected chi connectivity index (χ4v) is 5.45. The van der Waals surface area contributed by atoms with E-state index in [2.05, 4.69) is 10.3 Å². The van der Waals surface area contributed by atoms with Crippen molar-refractivity contribution < 1.29 is 24.2 Å². The highest BCUT2D eigenvalue weighted by atomic mass is 16.6. The molecule has 0 bridgehead atoms. The summed E-state index contributed by atoms with van der Waals surface area (Å²) in [6.45, 7) is 2.76. The SMILES string of the molecule is CCc1nc(-c2nnn(C)c2COC(=O)N(C)CC2CCCCC2)ccc1O[C@H]1CCC[C@H](C(=O)O)C1. The third-order valence-electron chi connectivity index (χ3n) is 7.62. The van der Waals surface area contributed by atoms with Crippen molar-refractivity contribution in [3.63, 3.8) is 0 Å². The number of carbonyl (C=O) groups excluding carboxylic acids is 1. The topological polar surface area (TPSA) is 120 Å². The highest BCUT2D eigenvalue weighted by Gasteiger charge is 2.29. The molecule has 0 spiro atoms. The lowest BCUT2D eigenvalue weighted by Gasteiger charge is -2.28. The van der Waals surface area contributed by atoms with E-state index < -0.39 is 5.97 Å². The first-order chi connectivity index (χ1) is 17.9. The van der Waals surface area contributed by atoms with Gasteiger partial charge in [0.1, 0.15) is 23.7 Å². The minimum Gasteiger partial charge on any atom is -0.488 e. The number of hydrogen-bond donors (Lipinski definition) is 1. The number of ether oxygens (including phenoxy) is 2. The van der Waals surface area contributed by atoms with Crippen LogP contribution in [-0.4, -0.2) is 61.7 Å². The summed E-state index contributed by atoms with van der Waals surface area (Å²) in [7, 11) is 3.56. The number of carboxylic acids is 1. The highest BCUT2D eigenvalue weighted by molar-refractivity contribution is 5.70. The Morgan fingerprint density at radius 3 is 2.65 bits per heavy atom.